The molecule has 0 aromatic heterocycles. The molecule has 0 fully saturated rings. The van der Waals surface area contributed by atoms with Gasteiger partial charge in [0.2, 0.25) is 0 Å². The quantitative estimate of drug-likeness (QED) is 0.431. The van der Waals surface area contributed by atoms with Gasteiger partial charge in [0.15, 0.2) is 0 Å². The van der Waals surface area contributed by atoms with Crippen molar-refractivity contribution in [2.75, 3.05) is 13.7 Å². The molecule has 0 aliphatic carbocycles. The lowest BCUT2D eigenvalue weighted by Gasteiger charge is -2.01. The van der Waals surface area contributed by atoms with E-state index in [4.69, 9.17) is 5.11 Å². The fourth-order valence-corrected chi connectivity index (χ4v) is 3.39. The molecule has 0 bridgehead atoms. The zero-order chi connectivity index (χ0) is 24.0. The Kier molecular flexibility index (Phi) is 9.96. The molecule has 34 heavy (non-hydrogen) atoms. The number of allylic oxidation sites excluding steroid dienone is 4. The van der Waals surface area contributed by atoms with E-state index in [2.05, 4.69) is 51.1 Å². The van der Waals surface area contributed by atoms with Crippen LogP contribution < -0.4 is 0 Å². The number of hydrogen-bond donors (Lipinski definition) is 1. The van der Waals surface area contributed by atoms with Gasteiger partial charge in [-0.05, 0) is 28.3 Å². The molecular weight excluding hydrogens is 424 g/mol. The van der Waals surface area contributed by atoms with E-state index >= 15 is 0 Å². The first kappa shape index (κ1) is 24.8. The molecule has 0 spiro atoms. The fourth-order valence-electron chi connectivity index (χ4n) is 3.39. The van der Waals surface area contributed by atoms with Crippen molar-refractivity contribution in [1.82, 2.24) is 0 Å². The molecule has 5 heteroatoms. The molecule has 2 aromatic rings. The van der Waals surface area contributed by atoms with Gasteiger partial charge in [0.25, 0.3) is 0 Å². The smallest absolute Gasteiger partial charge is 0.330 e. The van der Waals surface area contributed by atoms with Gasteiger partial charge < -0.3 is 9.84 Å². The minimum absolute atomic E-state index is 0.0867. The maximum absolute atomic E-state index is 10.9. The third-order valence-corrected chi connectivity index (χ3v) is 5.19. The van der Waals surface area contributed by atoms with Gasteiger partial charge >= 0.3 is 5.97 Å². The minimum atomic E-state index is -0.343. The number of aliphatic imine (C=N–C) groups is 2. The van der Waals surface area contributed by atoms with Crippen molar-refractivity contribution in [2.45, 2.75) is 25.7 Å². The summed E-state index contributed by atoms with van der Waals surface area (Å²) in [6, 6.07) is 16.4. The van der Waals surface area contributed by atoms with Gasteiger partial charge in [0, 0.05) is 55.6 Å². The van der Waals surface area contributed by atoms with Crippen molar-refractivity contribution in [3.63, 3.8) is 0 Å². The molecule has 0 saturated carbocycles. The maximum Gasteiger partial charge on any atom is 0.330 e. The second-order valence-electron chi connectivity index (χ2n) is 7.76. The Morgan fingerprint density at radius 1 is 0.853 bits per heavy atom. The van der Waals surface area contributed by atoms with Crippen molar-refractivity contribution in [2.24, 2.45) is 9.98 Å². The standard InChI is InChI=1S/C15H15NO2.C14H15NO/c1-18-15(17)9-8-12-4-6-13(7-5-12)11-14-3-2-10-16-14;16-10-2-3-12-5-7-13(8-6-12)11-14-4-1-9-15-14/h3-10H,2,11H2,1H3;2-9,16H,1,10-11H2/b9-8+;3-2+. The summed E-state index contributed by atoms with van der Waals surface area (Å²) in [6.45, 7) is 0.0867. The molecule has 0 atom stereocenters. The highest BCUT2D eigenvalue weighted by Gasteiger charge is 2.02. The third kappa shape index (κ3) is 8.60. The highest BCUT2D eigenvalue weighted by Crippen LogP contribution is 2.15. The van der Waals surface area contributed by atoms with Crippen molar-refractivity contribution in [1.29, 1.82) is 0 Å². The van der Waals surface area contributed by atoms with Crippen molar-refractivity contribution < 1.29 is 14.6 Å². The Bertz CT molecular complexity index is 1120. The van der Waals surface area contributed by atoms with Crippen LogP contribution in [0.5, 0.6) is 0 Å². The average molecular weight is 455 g/mol. The summed E-state index contributed by atoms with van der Waals surface area (Å²) in [4.78, 5) is 19.5. The van der Waals surface area contributed by atoms with Gasteiger partial charge in [0.1, 0.15) is 0 Å². The molecule has 1 N–H and O–H groups in total. The third-order valence-electron chi connectivity index (χ3n) is 5.19. The number of carbonyl (C=O) groups excluding carboxylic acids is 1. The van der Waals surface area contributed by atoms with Crippen LogP contribution in [0.2, 0.25) is 0 Å². The molecular formula is C29H30N2O3. The molecule has 2 aliphatic heterocycles. The number of hydrogen-bond acceptors (Lipinski definition) is 5. The molecule has 0 saturated heterocycles. The topological polar surface area (TPSA) is 71.2 Å². The Balaban J connectivity index is 0.000000192. The van der Waals surface area contributed by atoms with Crippen LogP contribution in [0.25, 0.3) is 12.2 Å². The Morgan fingerprint density at radius 3 is 1.76 bits per heavy atom. The van der Waals surface area contributed by atoms with Gasteiger partial charge in [0.05, 0.1) is 13.7 Å². The largest absolute Gasteiger partial charge is 0.466 e. The van der Waals surface area contributed by atoms with E-state index in [0.29, 0.717) is 0 Å². The summed E-state index contributed by atoms with van der Waals surface area (Å²) in [5.41, 5.74) is 6.85. The van der Waals surface area contributed by atoms with Gasteiger partial charge in [-0.2, -0.15) is 0 Å². The van der Waals surface area contributed by atoms with Crippen LogP contribution >= 0.6 is 0 Å². The van der Waals surface area contributed by atoms with E-state index in [0.717, 1.165) is 48.2 Å². The van der Waals surface area contributed by atoms with E-state index in [9.17, 15) is 4.79 Å². The van der Waals surface area contributed by atoms with Crippen molar-refractivity contribution in [3.05, 3.63) is 106 Å². The lowest BCUT2D eigenvalue weighted by Crippen LogP contribution is -1.93. The molecule has 0 amide bonds. The molecule has 2 heterocycles. The molecule has 0 radical (unpaired) electrons. The average Bonchev–Trinajstić information content (AvgIpc) is 3.58. The Labute approximate surface area is 201 Å². The molecule has 5 nitrogen and oxygen atoms in total. The summed E-state index contributed by atoms with van der Waals surface area (Å²) < 4.78 is 4.54. The summed E-state index contributed by atoms with van der Waals surface area (Å²) >= 11 is 0. The number of aliphatic hydroxyl groups is 1. The van der Waals surface area contributed by atoms with Gasteiger partial charge in [-0.1, -0.05) is 72.8 Å². The first-order valence-electron chi connectivity index (χ1n) is 11.3. The summed E-state index contributed by atoms with van der Waals surface area (Å²) in [5, 5.41) is 8.66. The first-order chi connectivity index (χ1) is 16.7. The van der Waals surface area contributed by atoms with Crippen LogP contribution in [-0.4, -0.2) is 37.2 Å². The molecule has 2 aromatic carbocycles. The van der Waals surface area contributed by atoms with Crippen LogP contribution in [-0.2, 0) is 22.4 Å². The van der Waals surface area contributed by atoms with Crippen LogP contribution in [0.15, 0.2) is 94.2 Å². The highest BCUT2D eigenvalue weighted by atomic mass is 16.5. The van der Waals surface area contributed by atoms with E-state index in [1.54, 1.807) is 12.2 Å². The fraction of sp³-hybridized carbons (Fsp3) is 0.207. The lowest BCUT2D eigenvalue weighted by molar-refractivity contribution is -0.134. The van der Waals surface area contributed by atoms with Crippen molar-refractivity contribution >= 4 is 30.6 Å². The summed E-state index contributed by atoms with van der Waals surface area (Å²) in [6.07, 6.45) is 18.6. The first-order valence-corrected chi connectivity index (χ1v) is 11.3. The van der Waals surface area contributed by atoms with Gasteiger partial charge in [-0.25, -0.2) is 4.79 Å². The molecule has 0 unspecified atom stereocenters. The molecule has 4 rings (SSSR count). The van der Waals surface area contributed by atoms with Gasteiger partial charge in [-0.3, -0.25) is 9.98 Å². The Morgan fingerprint density at radius 2 is 1.35 bits per heavy atom. The number of nitrogens with zero attached hydrogens (tertiary/aromatic N) is 2. The predicted molar refractivity (Wildman–Crippen MR) is 140 cm³/mol. The second-order valence-corrected chi connectivity index (χ2v) is 7.76. The zero-order valence-corrected chi connectivity index (χ0v) is 19.4. The Hall–Kier alpha value is -3.83. The number of carbonyl (C=O) groups is 1. The van der Waals surface area contributed by atoms with Crippen LogP contribution in [0.1, 0.15) is 35.1 Å². The highest BCUT2D eigenvalue weighted by molar-refractivity contribution is 5.86. The van der Waals surface area contributed by atoms with E-state index in [1.165, 1.54) is 24.3 Å². The predicted octanol–water partition coefficient (Wildman–Crippen LogP) is 5.37. The monoisotopic (exact) mass is 454 g/mol. The van der Waals surface area contributed by atoms with E-state index < -0.39 is 0 Å². The van der Waals surface area contributed by atoms with Crippen LogP contribution in [0.3, 0.4) is 0 Å². The summed E-state index contributed by atoms with van der Waals surface area (Å²) in [7, 11) is 1.37. The number of rotatable bonds is 8. The second kappa shape index (κ2) is 13.7. The number of esters is 1. The molecule has 174 valence electrons. The number of ether oxygens (including phenoxy) is 1. The number of aliphatic hydroxyl groups excluding tert-OH is 1. The van der Waals surface area contributed by atoms with Gasteiger partial charge in [-0.15, -0.1) is 0 Å². The number of methoxy groups -OCH3 is 1. The van der Waals surface area contributed by atoms with Crippen LogP contribution in [0.4, 0.5) is 0 Å². The van der Waals surface area contributed by atoms with E-state index in [-0.39, 0.29) is 12.6 Å². The lowest BCUT2D eigenvalue weighted by atomic mass is 10.1. The maximum atomic E-state index is 10.9. The van der Waals surface area contributed by atoms with E-state index in [1.807, 2.05) is 42.8 Å². The van der Waals surface area contributed by atoms with Crippen molar-refractivity contribution in [3.8, 4) is 0 Å². The molecule has 2 aliphatic rings. The SMILES string of the molecule is COC(=O)/C=C/c1ccc(CC2=CCC=N2)cc1.OC/C=C/c1ccc(CC2=CCC=N2)cc1. The summed E-state index contributed by atoms with van der Waals surface area (Å²) in [5.74, 6) is -0.343. The normalized spacial score (nSPS) is 14.3. The van der Waals surface area contributed by atoms with Crippen LogP contribution in [0, 0.1) is 0 Å². The zero-order valence-electron chi connectivity index (χ0n) is 19.4. The minimum Gasteiger partial charge on any atom is -0.466 e. The number of benzene rings is 2.